The largest absolute Gasteiger partial charge is 0.492 e. The number of anilines is 1. The summed E-state index contributed by atoms with van der Waals surface area (Å²) in [7, 11) is 0. The van der Waals surface area contributed by atoms with Gasteiger partial charge in [0.1, 0.15) is 10.9 Å². The number of rotatable bonds is 0. The van der Waals surface area contributed by atoms with E-state index in [-0.39, 0.29) is 5.95 Å². The molecule has 0 saturated carbocycles. The fraction of sp³-hybridized carbons (Fsp3) is 0.167. The van der Waals surface area contributed by atoms with Gasteiger partial charge in [-0.05, 0) is 40.8 Å². The summed E-state index contributed by atoms with van der Waals surface area (Å²) in [5.41, 5.74) is 8.26. The van der Waals surface area contributed by atoms with E-state index in [4.69, 9.17) is 22.1 Å². The number of ether oxygens (including phenoxy) is 1. The standard InChI is InChI=1S/C12H9ClIN3O/c13-11-8-3-4-18-9-5-6(14)1-2-7(9)10(8)16-12(15)17-11/h1-2,5H,3-4H2,(H2,15,16,17). The van der Waals surface area contributed by atoms with E-state index >= 15 is 0 Å². The van der Waals surface area contributed by atoms with Crippen molar-refractivity contribution in [3.8, 4) is 17.0 Å². The first-order valence-corrected chi connectivity index (χ1v) is 6.85. The molecule has 0 spiro atoms. The predicted octanol–water partition coefficient (Wildman–Crippen LogP) is 2.92. The zero-order chi connectivity index (χ0) is 12.7. The maximum atomic E-state index is 6.13. The van der Waals surface area contributed by atoms with E-state index in [2.05, 4.69) is 32.6 Å². The number of halogens is 2. The second-order valence-electron chi connectivity index (χ2n) is 3.94. The van der Waals surface area contributed by atoms with Gasteiger partial charge >= 0.3 is 0 Å². The quantitative estimate of drug-likeness (QED) is 0.570. The molecule has 2 heterocycles. The van der Waals surface area contributed by atoms with Crippen molar-refractivity contribution in [1.29, 1.82) is 0 Å². The van der Waals surface area contributed by atoms with Crippen LogP contribution in [0.2, 0.25) is 5.15 Å². The minimum atomic E-state index is 0.185. The predicted molar refractivity (Wildman–Crippen MR) is 78.8 cm³/mol. The third kappa shape index (κ3) is 2.01. The Balaban J connectivity index is 2.30. The molecule has 1 aromatic carbocycles. The summed E-state index contributed by atoms with van der Waals surface area (Å²) < 4.78 is 6.85. The minimum absolute atomic E-state index is 0.185. The van der Waals surface area contributed by atoms with E-state index in [1.54, 1.807) is 0 Å². The Bertz CT molecular complexity index is 633. The van der Waals surface area contributed by atoms with Crippen LogP contribution in [-0.2, 0) is 6.42 Å². The van der Waals surface area contributed by atoms with Crippen molar-refractivity contribution in [1.82, 2.24) is 9.97 Å². The average molecular weight is 374 g/mol. The highest BCUT2D eigenvalue weighted by Crippen LogP contribution is 2.37. The van der Waals surface area contributed by atoms with E-state index in [0.29, 0.717) is 18.2 Å². The first-order chi connectivity index (χ1) is 8.65. The number of nitrogens with zero attached hydrogens (tertiary/aromatic N) is 2. The third-order valence-corrected chi connectivity index (χ3v) is 3.77. The van der Waals surface area contributed by atoms with Crippen molar-refractivity contribution in [3.05, 3.63) is 32.5 Å². The van der Waals surface area contributed by atoms with E-state index in [9.17, 15) is 0 Å². The molecule has 0 saturated heterocycles. The first-order valence-electron chi connectivity index (χ1n) is 5.40. The van der Waals surface area contributed by atoms with Gasteiger partial charge in [-0.25, -0.2) is 9.97 Å². The summed E-state index contributed by atoms with van der Waals surface area (Å²) in [5.74, 6) is 1.000. The second kappa shape index (κ2) is 4.55. The zero-order valence-corrected chi connectivity index (χ0v) is 12.2. The topological polar surface area (TPSA) is 61.0 Å². The van der Waals surface area contributed by atoms with Crippen LogP contribution in [0.25, 0.3) is 11.3 Å². The number of benzene rings is 1. The molecular formula is C12H9ClIN3O. The van der Waals surface area contributed by atoms with Crippen LogP contribution < -0.4 is 10.5 Å². The average Bonchev–Trinajstić information content (AvgIpc) is 2.48. The van der Waals surface area contributed by atoms with Crippen molar-refractivity contribution in [2.24, 2.45) is 0 Å². The minimum Gasteiger partial charge on any atom is -0.492 e. The van der Waals surface area contributed by atoms with Crippen LogP contribution in [0.15, 0.2) is 18.2 Å². The van der Waals surface area contributed by atoms with Crippen LogP contribution in [0.3, 0.4) is 0 Å². The lowest BCUT2D eigenvalue weighted by Gasteiger charge is -2.09. The van der Waals surface area contributed by atoms with Gasteiger partial charge in [0.15, 0.2) is 0 Å². The van der Waals surface area contributed by atoms with Crippen LogP contribution in [0, 0.1) is 3.57 Å². The van der Waals surface area contributed by atoms with Crippen molar-refractivity contribution in [3.63, 3.8) is 0 Å². The Morgan fingerprint density at radius 2 is 2.17 bits per heavy atom. The Hall–Kier alpha value is -1.08. The van der Waals surface area contributed by atoms with Crippen molar-refractivity contribution in [2.45, 2.75) is 6.42 Å². The molecule has 0 atom stereocenters. The van der Waals surface area contributed by atoms with Gasteiger partial charge in [-0.2, -0.15) is 0 Å². The number of hydrogen-bond donors (Lipinski definition) is 1. The maximum Gasteiger partial charge on any atom is 0.222 e. The molecule has 3 rings (SSSR count). The summed E-state index contributed by atoms with van der Waals surface area (Å²) in [6.07, 6.45) is 0.680. The van der Waals surface area contributed by atoms with Gasteiger partial charge in [0.2, 0.25) is 5.95 Å². The number of hydrogen-bond acceptors (Lipinski definition) is 4. The smallest absolute Gasteiger partial charge is 0.222 e. The van der Waals surface area contributed by atoms with Crippen LogP contribution in [0.4, 0.5) is 5.95 Å². The molecule has 0 radical (unpaired) electrons. The molecular weight excluding hydrogens is 365 g/mol. The highest BCUT2D eigenvalue weighted by molar-refractivity contribution is 14.1. The monoisotopic (exact) mass is 373 g/mol. The Morgan fingerprint density at radius 3 is 3.00 bits per heavy atom. The Labute approximate surface area is 123 Å². The SMILES string of the molecule is Nc1nc(Cl)c2c(n1)-c1ccc(I)cc1OCC2. The summed E-state index contributed by atoms with van der Waals surface area (Å²) in [6, 6.07) is 5.96. The molecule has 1 aromatic heterocycles. The summed E-state index contributed by atoms with van der Waals surface area (Å²) in [4.78, 5) is 8.30. The van der Waals surface area contributed by atoms with Crippen molar-refractivity contribution < 1.29 is 4.74 Å². The molecule has 4 nitrogen and oxygen atoms in total. The van der Waals surface area contributed by atoms with E-state index < -0.39 is 0 Å². The summed E-state index contributed by atoms with van der Waals surface area (Å²) in [5, 5.41) is 0.410. The lowest BCUT2D eigenvalue weighted by Crippen LogP contribution is -2.03. The van der Waals surface area contributed by atoms with Crippen molar-refractivity contribution in [2.75, 3.05) is 12.3 Å². The molecule has 0 amide bonds. The normalized spacial score (nSPS) is 13.2. The number of nitrogens with two attached hydrogens (primary N) is 1. The van der Waals surface area contributed by atoms with E-state index in [1.807, 2.05) is 18.2 Å². The van der Waals surface area contributed by atoms with Gasteiger partial charge in [0.25, 0.3) is 0 Å². The lowest BCUT2D eigenvalue weighted by atomic mass is 10.1. The third-order valence-electron chi connectivity index (χ3n) is 2.78. The van der Waals surface area contributed by atoms with Crippen molar-refractivity contribution >= 4 is 40.1 Å². The highest BCUT2D eigenvalue weighted by Gasteiger charge is 2.20. The van der Waals surface area contributed by atoms with E-state index in [1.165, 1.54) is 0 Å². The maximum absolute atomic E-state index is 6.13. The van der Waals surface area contributed by atoms with Gasteiger partial charge < -0.3 is 10.5 Å². The molecule has 0 fully saturated rings. The number of fused-ring (bicyclic) bond motifs is 3. The fourth-order valence-electron chi connectivity index (χ4n) is 1.99. The Morgan fingerprint density at radius 1 is 1.33 bits per heavy atom. The fourth-order valence-corrected chi connectivity index (χ4v) is 2.72. The summed E-state index contributed by atoms with van der Waals surface area (Å²) in [6.45, 7) is 0.563. The molecule has 1 aliphatic rings. The van der Waals surface area contributed by atoms with Gasteiger partial charge in [-0.3, -0.25) is 0 Å². The Kier molecular flexibility index (Phi) is 3.03. The molecule has 18 heavy (non-hydrogen) atoms. The molecule has 0 aliphatic carbocycles. The molecule has 2 aromatic rings. The number of aromatic nitrogens is 2. The first kappa shape index (κ1) is 12.0. The van der Waals surface area contributed by atoms with Crippen LogP contribution >= 0.6 is 34.2 Å². The number of nitrogen functional groups attached to an aromatic ring is 1. The van der Waals surface area contributed by atoms with Gasteiger partial charge in [-0.1, -0.05) is 11.6 Å². The zero-order valence-electron chi connectivity index (χ0n) is 9.28. The molecule has 6 heteroatoms. The molecule has 1 aliphatic heterocycles. The second-order valence-corrected chi connectivity index (χ2v) is 5.54. The van der Waals surface area contributed by atoms with Gasteiger partial charge in [0, 0.05) is 21.1 Å². The molecule has 2 N–H and O–H groups in total. The molecule has 0 unspecified atom stereocenters. The highest BCUT2D eigenvalue weighted by atomic mass is 127. The summed E-state index contributed by atoms with van der Waals surface area (Å²) >= 11 is 8.38. The lowest BCUT2D eigenvalue weighted by molar-refractivity contribution is 0.326. The van der Waals surface area contributed by atoms with Crippen LogP contribution in [0.5, 0.6) is 5.75 Å². The molecule has 0 bridgehead atoms. The van der Waals surface area contributed by atoms with Gasteiger partial charge in [-0.15, -0.1) is 0 Å². The van der Waals surface area contributed by atoms with Gasteiger partial charge in [0.05, 0.1) is 12.3 Å². The van der Waals surface area contributed by atoms with E-state index in [0.717, 1.165) is 26.1 Å². The van der Waals surface area contributed by atoms with Crippen LogP contribution in [-0.4, -0.2) is 16.6 Å². The van der Waals surface area contributed by atoms with Crippen LogP contribution in [0.1, 0.15) is 5.56 Å². The molecule has 92 valence electrons.